The van der Waals surface area contributed by atoms with Crippen LogP contribution in [0.4, 0.5) is 13.2 Å². The number of nitrogens with zero attached hydrogens (tertiary/aromatic N) is 1. The summed E-state index contributed by atoms with van der Waals surface area (Å²) < 4.78 is 37.6. The second kappa shape index (κ2) is 6.69. The second-order valence-electron chi connectivity index (χ2n) is 4.70. The highest BCUT2D eigenvalue weighted by atomic mass is 19.4. The molecule has 1 aromatic carbocycles. The van der Waals surface area contributed by atoms with E-state index < -0.39 is 11.7 Å². The molecule has 1 aromatic heterocycles. The van der Waals surface area contributed by atoms with E-state index in [1.54, 1.807) is 6.20 Å². The van der Waals surface area contributed by atoms with Crippen molar-refractivity contribution in [2.24, 2.45) is 5.84 Å². The van der Waals surface area contributed by atoms with Crippen molar-refractivity contribution >= 4 is 0 Å². The highest BCUT2D eigenvalue weighted by Crippen LogP contribution is 2.30. The van der Waals surface area contributed by atoms with E-state index >= 15 is 0 Å². The van der Waals surface area contributed by atoms with Gasteiger partial charge in [0.25, 0.3) is 0 Å². The van der Waals surface area contributed by atoms with Gasteiger partial charge in [-0.3, -0.25) is 16.3 Å². The predicted molar refractivity (Wildman–Crippen MR) is 74.1 cm³/mol. The van der Waals surface area contributed by atoms with Gasteiger partial charge in [-0.2, -0.15) is 13.2 Å². The van der Waals surface area contributed by atoms with Crippen LogP contribution in [-0.4, -0.2) is 4.98 Å². The zero-order valence-corrected chi connectivity index (χ0v) is 11.3. The highest BCUT2D eigenvalue weighted by Gasteiger charge is 2.30. The van der Waals surface area contributed by atoms with E-state index in [0.717, 1.165) is 23.4 Å². The Morgan fingerprint density at radius 1 is 1.10 bits per heavy atom. The van der Waals surface area contributed by atoms with Crippen LogP contribution < -0.4 is 11.3 Å². The molecule has 3 nitrogen and oxygen atoms in total. The van der Waals surface area contributed by atoms with Crippen molar-refractivity contribution in [2.75, 3.05) is 0 Å². The lowest BCUT2D eigenvalue weighted by Crippen LogP contribution is -2.28. The maximum absolute atomic E-state index is 12.5. The molecule has 0 aliphatic carbocycles. The number of hydrazine groups is 1. The summed E-state index contributed by atoms with van der Waals surface area (Å²) in [6.45, 7) is 0. The number of aryl methyl sites for hydroxylation is 1. The van der Waals surface area contributed by atoms with E-state index in [9.17, 15) is 13.2 Å². The molecule has 112 valence electrons. The number of alkyl halides is 3. The molecular formula is C15H16F3N3. The van der Waals surface area contributed by atoms with Crippen LogP contribution in [0.15, 0.2) is 48.7 Å². The normalized spacial score (nSPS) is 13.1. The first-order valence-corrected chi connectivity index (χ1v) is 6.54. The highest BCUT2D eigenvalue weighted by molar-refractivity contribution is 5.27. The zero-order valence-electron chi connectivity index (χ0n) is 11.3. The Hall–Kier alpha value is -1.92. The lowest BCUT2D eigenvalue weighted by atomic mass is 10.00. The van der Waals surface area contributed by atoms with Crippen molar-refractivity contribution in [2.45, 2.75) is 25.1 Å². The number of nitrogens with two attached hydrogens (primary N) is 1. The van der Waals surface area contributed by atoms with Gasteiger partial charge in [0.15, 0.2) is 0 Å². The van der Waals surface area contributed by atoms with E-state index in [1.165, 1.54) is 12.1 Å². The fourth-order valence-electron chi connectivity index (χ4n) is 2.09. The first kappa shape index (κ1) is 15.5. The van der Waals surface area contributed by atoms with Gasteiger partial charge in [-0.25, -0.2) is 0 Å². The zero-order chi connectivity index (χ0) is 15.3. The molecule has 21 heavy (non-hydrogen) atoms. The van der Waals surface area contributed by atoms with E-state index in [4.69, 9.17) is 5.84 Å². The number of hydrogen-bond donors (Lipinski definition) is 2. The molecule has 0 saturated carbocycles. The summed E-state index contributed by atoms with van der Waals surface area (Å²) in [5, 5.41) is 0. The molecule has 0 spiro atoms. The average Bonchev–Trinajstić information content (AvgIpc) is 2.48. The van der Waals surface area contributed by atoms with Crippen LogP contribution in [0.3, 0.4) is 0 Å². The van der Waals surface area contributed by atoms with Gasteiger partial charge in [0, 0.05) is 17.9 Å². The second-order valence-corrected chi connectivity index (χ2v) is 4.70. The quantitative estimate of drug-likeness (QED) is 0.657. The molecule has 0 aliphatic heterocycles. The number of aromatic nitrogens is 1. The Bertz CT molecular complexity index is 553. The predicted octanol–water partition coefficient (Wildman–Crippen LogP) is 3.24. The summed E-state index contributed by atoms with van der Waals surface area (Å²) in [5.74, 6) is 5.50. The lowest BCUT2D eigenvalue weighted by Gasteiger charge is -2.17. The monoisotopic (exact) mass is 295 g/mol. The molecular weight excluding hydrogens is 279 g/mol. The summed E-state index contributed by atoms with van der Waals surface area (Å²) in [7, 11) is 0. The maximum Gasteiger partial charge on any atom is 0.416 e. The fourth-order valence-corrected chi connectivity index (χ4v) is 2.09. The third kappa shape index (κ3) is 4.27. The van der Waals surface area contributed by atoms with Crippen molar-refractivity contribution in [3.8, 4) is 0 Å². The van der Waals surface area contributed by atoms with Crippen LogP contribution >= 0.6 is 0 Å². The topological polar surface area (TPSA) is 50.9 Å². The smallest absolute Gasteiger partial charge is 0.271 e. The average molecular weight is 295 g/mol. The van der Waals surface area contributed by atoms with Crippen LogP contribution in [0.5, 0.6) is 0 Å². The molecule has 0 radical (unpaired) electrons. The first-order valence-electron chi connectivity index (χ1n) is 6.54. The maximum atomic E-state index is 12.5. The minimum Gasteiger partial charge on any atom is -0.271 e. The summed E-state index contributed by atoms with van der Waals surface area (Å²) in [6.07, 6.45) is -1.27. The van der Waals surface area contributed by atoms with Gasteiger partial charge in [-0.15, -0.1) is 0 Å². The molecule has 0 fully saturated rings. The van der Waals surface area contributed by atoms with Crippen molar-refractivity contribution in [1.29, 1.82) is 0 Å². The molecule has 3 N–H and O–H groups in total. The summed E-state index contributed by atoms with van der Waals surface area (Å²) in [4.78, 5) is 4.21. The van der Waals surface area contributed by atoms with Gasteiger partial charge in [0.2, 0.25) is 0 Å². The van der Waals surface area contributed by atoms with Crippen LogP contribution in [-0.2, 0) is 12.6 Å². The molecule has 1 atom stereocenters. The van der Waals surface area contributed by atoms with Crippen molar-refractivity contribution in [3.63, 3.8) is 0 Å². The van der Waals surface area contributed by atoms with E-state index in [0.29, 0.717) is 12.8 Å². The van der Waals surface area contributed by atoms with Crippen LogP contribution in [0, 0.1) is 0 Å². The molecule has 2 aromatic rings. The Morgan fingerprint density at radius 3 is 2.33 bits per heavy atom. The van der Waals surface area contributed by atoms with Crippen molar-refractivity contribution in [3.05, 3.63) is 65.5 Å². The molecule has 0 saturated heterocycles. The van der Waals surface area contributed by atoms with Crippen LogP contribution in [0.2, 0.25) is 0 Å². The first-order chi connectivity index (χ1) is 10.0. The Labute approximate surface area is 121 Å². The van der Waals surface area contributed by atoms with Gasteiger partial charge in [0.1, 0.15) is 0 Å². The molecule has 1 heterocycles. The number of nitrogens with one attached hydrogen (secondary N) is 1. The standard InChI is InChI=1S/C15H16F3N3/c16-15(17,18)12-6-4-11(5-7-12)14(21-19)9-8-13-3-1-2-10-20-13/h1-7,10,14,21H,8-9,19H2. The van der Waals surface area contributed by atoms with Gasteiger partial charge >= 0.3 is 6.18 Å². The minimum absolute atomic E-state index is 0.214. The van der Waals surface area contributed by atoms with Gasteiger partial charge in [-0.1, -0.05) is 18.2 Å². The number of pyridine rings is 1. The van der Waals surface area contributed by atoms with E-state index in [-0.39, 0.29) is 6.04 Å². The fraction of sp³-hybridized carbons (Fsp3) is 0.267. The molecule has 0 bridgehead atoms. The Morgan fingerprint density at radius 2 is 1.81 bits per heavy atom. The van der Waals surface area contributed by atoms with Gasteiger partial charge in [0.05, 0.1) is 5.56 Å². The molecule has 0 aliphatic rings. The van der Waals surface area contributed by atoms with Crippen molar-refractivity contribution < 1.29 is 13.2 Å². The van der Waals surface area contributed by atoms with Crippen molar-refractivity contribution in [1.82, 2.24) is 10.4 Å². The van der Waals surface area contributed by atoms with E-state index in [1.807, 2.05) is 18.2 Å². The molecule has 0 amide bonds. The van der Waals surface area contributed by atoms with Gasteiger partial charge in [-0.05, 0) is 42.7 Å². The Balaban J connectivity index is 2.04. The summed E-state index contributed by atoms with van der Waals surface area (Å²) in [6, 6.07) is 10.5. The van der Waals surface area contributed by atoms with Gasteiger partial charge < -0.3 is 0 Å². The Kier molecular flexibility index (Phi) is 4.93. The third-order valence-electron chi connectivity index (χ3n) is 3.26. The van der Waals surface area contributed by atoms with E-state index in [2.05, 4.69) is 10.4 Å². The third-order valence-corrected chi connectivity index (χ3v) is 3.26. The number of halogens is 3. The minimum atomic E-state index is -4.32. The SMILES string of the molecule is NNC(CCc1ccccn1)c1ccc(C(F)(F)F)cc1. The lowest BCUT2D eigenvalue weighted by molar-refractivity contribution is -0.137. The molecule has 1 unspecified atom stereocenters. The largest absolute Gasteiger partial charge is 0.416 e. The number of rotatable bonds is 5. The summed E-state index contributed by atoms with van der Waals surface area (Å²) >= 11 is 0. The molecule has 6 heteroatoms. The summed E-state index contributed by atoms with van der Waals surface area (Å²) in [5.41, 5.74) is 3.62. The number of benzene rings is 1. The number of hydrogen-bond acceptors (Lipinski definition) is 3. The van der Waals surface area contributed by atoms with Crippen LogP contribution in [0.1, 0.15) is 29.3 Å². The molecule has 2 rings (SSSR count). The van der Waals surface area contributed by atoms with Crippen LogP contribution in [0.25, 0.3) is 0 Å².